The van der Waals surface area contributed by atoms with Crippen LogP contribution in [0.5, 0.6) is 11.5 Å². The molecule has 0 amide bonds. The Kier molecular flexibility index (Phi) is 3.53. The summed E-state index contributed by atoms with van der Waals surface area (Å²) in [7, 11) is 1.58. The first-order valence-corrected chi connectivity index (χ1v) is 6.69. The van der Waals surface area contributed by atoms with Gasteiger partial charge in [-0.1, -0.05) is 32.8 Å². The highest BCUT2D eigenvalue weighted by molar-refractivity contribution is 5.54. The van der Waals surface area contributed by atoms with Crippen molar-refractivity contribution in [2.45, 2.75) is 51.0 Å². The number of ether oxygens (including phenoxy) is 1. The minimum absolute atomic E-state index is 0.230. The lowest BCUT2D eigenvalue weighted by atomic mass is 9.81. The van der Waals surface area contributed by atoms with E-state index in [-0.39, 0.29) is 5.75 Å². The van der Waals surface area contributed by atoms with E-state index in [0.29, 0.717) is 11.7 Å². The van der Waals surface area contributed by atoms with Gasteiger partial charge in [-0.25, -0.2) is 0 Å². The molecule has 3 nitrogen and oxygen atoms in total. The second kappa shape index (κ2) is 4.81. The van der Waals surface area contributed by atoms with Gasteiger partial charge in [0.25, 0.3) is 0 Å². The van der Waals surface area contributed by atoms with E-state index in [9.17, 15) is 5.11 Å². The Morgan fingerprint density at radius 3 is 2.39 bits per heavy atom. The summed E-state index contributed by atoms with van der Waals surface area (Å²) in [6, 6.07) is 3.86. The quantitative estimate of drug-likeness (QED) is 0.864. The van der Waals surface area contributed by atoms with Crippen LogP contribution in [-0.4, -0.2) is 12.2 Å². The summed E-state index contributed by atoms with van der Waals surface area (Å²) < 4.78 is 5.22. The van der Waals surface area contributed by atoms with Gasteiger partial charge in [-0.05, 0) is 30.4 Å². The van der Waals surface area contributed by atoms with Gasteiger partial charge in [0, 0.05) is 11.1 Å². The second-order valence-electron chi connectivity index (χ2n) is 5.60. The molecular formula is C15H23NO2. The van der Waals surface area contributed by atoms with Crippen molar-refractivity contribution >= 4 is 0 Å². The van der Waals surface area contributed by atoms with Gasteiger partial charge in [-0.3, -0.25) is 0 Å². The highest BCUT2D eigenvalue weighted by Gasteiger charge is 2.36. The summed E-state index contributed by atoms with van der Waals surface area (Å²) in [6.07, 6.45) is 4.14. The number of hydrogen-bond acceptors (Lipinski definition) is 3. The van der Waals surface area contributed by atoms with Gasteiger partial charge in [0.2, 0.25) is 0 Å². The summed E-state index contributed by atoms with van der Waals surface area (Å²) in [5.41, 5.74) is 8.17. The van der Waals surface area contributed by atoms with Crippen molar-refractivity contribution in [3.63, 3.8) is 0 Å². The Morgan fingerprint density at radius 1 is 1.28 bits per heavy atom. The first kappa shape index (κ1) is 13.2. The van der Waals surface area contributed by atoms with Crippen LogP contribution in [0.25, 0.3) is 0 Å². The van der Waals surface area contributed by atoms with Gasteiger partial charge in [-0.2, -0.15) is 0 Å². The van der Waals surface area contributed by atoms with Crippen LogP contribution in [0.2, 0.25) is 0 Å². The largest absolute Gasteiger partial charge is 0.504 e. The first-order chi connectivity index (χ1) is 8.49. The topological polar surface area (TPSA) is 55.5 Å². The van der Waals surface area contributed by atoms with Gasteiger partial charge in [0.1, 0.15) is 0 Å². The second-order valence-corrected chi connectivity index (χ2v) is 5.60. The molecule has 2 rings (SSSR count). The fraction of sp³-hybridized carbons (Fsp3) is 0.600. The predicted molar refractivity (Wildman–Crippen MR) is 73.1 cm³/mol. The molecule has 0 heterocycles. The lowest BCUT2D eigenvalue weighted by molar-refractivity contribution is 0.353. The normalized spacial score (nSPS) is 18.3. The summed E-state index contributed by atoms with van der Waals surface area (Å²) in [6.45, 7) is 4.26. The van der Waals surface area contributed by atoms with E-state index in [1.807, 2.05) is 12.1 Å². The van der Waals surface area contributed by atoms with Crippen LogP contribution in [0.3, 0.4) is 0 Å². The number of aromatic hydroxyl groups is 1. The predicted octanol–water partition coefficient (Wildman–Crippen LogP) is 3.25. The van der Waals surface area contributed by atoms with Crippen LogP contribution in [-0.2, 0) is 5.54 Å². The van der Waals surface area contributed by atoms with Gasteiger partial charge < -0.3 is 15.6 Å². The summed E-state index contributed by atoms with van der Waals surface area (Å²) >= 11 is 0. The molecule has 1 aliphatic rings. The average molecular weight is 249 g/mol. The standard InChI is InChI=1S/C15H23NO2/c1-10(2)11-6-7-12(18-3)14(17)13(11)15(16)8-4-5-9-15/h6-7,10,17H,4-5,8-9,16H2,1-3H3. The molecule has 1 fully saturated rings. The Morgan fingerprint density at radius 2 is 1.89 bits per heavy atom. The van der Waals surface area contributed by atoms with Crippen LogP contribution in [0.15, 0.2) is 12.1 Å². The van der Waals surface area contributed by atoms with Crippen molar-refractivity contribution in [3.05, 3.63) is 23.3 Å². The summed E-state index contributed by atoms with van der Waals surface area (Å²) in [4.78, 5) is 0. The SMILES string of the molecule is COc1ccc(C(C)C)c(C2(N)CCCC2)c1O. The van der Waals surface area contributed by atoms with Crippen LogP contribution in [0.4, 0.5) is 0 Å². The molecule has 0 unspecified atom stereocenters. The molecule has 0 radical (unpaired) electrons. The smallest absolute Gasteiger partial charge is 0.163 e. The summed E-state index contributed by atoms with van der Waals surface area (Å²) in [5, 5.41) is 10.4. The summed E-state index contributed by atoms with van der Waals surface area (Å²) in [5.74, 6) is 1.09. The highest BCUT2D eigenvalue weighted by Crippen LogP contribution is 2.47. The number of methoxy groups -OCH3 is 1. The molecule has 0 atom stereocenters. The maximum absolute atomic E-state index is 10.4. The fourth-order valence-electron chi connectivity index (χ4n) is 3.01. The van der Waals surface area contributed by atoms with Crippen molar-refractivity contribution in [3.8, 4) is 11.5 Å². The lowest BCUT2D eigenvalue weighted by Crippen LogP contribution is -2.34. The zero-order valence-electron chi connectivity index (χ0n) is 11.5. The highest BCUT2D eigenvalue weighted by atomic mass is 16.5. The molecule has 3 heteroatoms. The minimum atomic E-state index is -0.391. The Balaban J connectivity index is 2.60. The molecule has 0 bridgehead atoms. The number of hydrogen-bond donors (Lipinski definition) is 2. The van der Waals surface area contributed by atoms with Crippen molar-refractivity contribution in [1.29, 1.82) is 0 Å². The minimum Gasteiger partial charge on any atom is -0.504 e. The zero-order chi connectivity index (χ0) is 13.3. The molecule has 100 valence electrons. The van der Waals surface area contributed by atoms with Crippen LogP contribution in [0, 0.1) is 0 Å². The fourth-order valence-corrected chi connectivity index (χ4v) is 3.01. The van der Waals surface area contributed by atoms with E-state index in [1.54, 1.807) is 7.11 Å². The van der Waals surface area contributed by atoms with Gasteiger partial charge >= 0.3 is 0 Å². The van der Waals surface area contributed by atoms with E-state index in [4.69, 9.17) is 10.5 Å². The lowest BCUT2D eigenvalue weighted by Gasteiger charge is -2.30. The molecule has 18 heavy (non-hydrogen) atoms. The molecule has 0 saturated heterocycles. The van der Waals surface area contributed by atoms with Crippen LogP contribution in [0.1, 0.15) is 56.6 Å². The molecule has 3 N–H and O–H groups in total. The monoisotopic (exact) mass is 249 g/mol. The number of phenols is 1. The molecule has 0 aromatic heterocycles. The number of nitrogens with two attached hydrogens (primary N) is 1. The average Bonchev–Trinajstić information content (AvgIpc) is 2.76. The van der Waals surface area contributed by atoms with Crippen LogP contribution >= 0.6 is 0 Å². The van der Waals surface area contributed by atoms with Crippen molar-refractivity contribution in [1.82, 2.24) is 0 Å². The Hall–Kier alpha value is -1.22. The molecule has 0 spiro atoms. The van der Waals surface area contributed by atoms with Gasteiger partial charge in [-0.15, -0.1) is 0 Å². The van der Waals surface area contributed by atoms with Crippen molar-refractivity contribution < 1.29 is 9.84 Å². The first-order valence-electron chi connectivity index (χ1n) is 6.69. The number of rotatable bonds is 3. The van der Waals surface area contributed by atoms with Crippen molar-refractivity contribution in [2.75, 3.05) is 7.11 Å². The molecule has 1 aliphatic carbocycles. The molecular weight excluding hydrogens is 226 g/mol. The third-order valence-electron chi connectivity index (χ3n) is 4.01. The molecule has 0 aliphatic heterocycles. The van der Waals surface area contributed by atoms with Crippen molar-refractivity contribution in [2.24, 2.45) is 5.73 Å². The maximum atomic E-state index is 10.4. The van der Waals surface area contributed by atoms with E-state index in [1.165, 1.54) is 0 Å². The van der Waals surface area contributed by atoms with Gasteiger partial charge in [0.15, 0.2) is 11.5 Å². The van der Waals surface area contributed by atoms with Crippen LogP contribution < -0.4 is 10.5 Å². The number of benzene rings is 1. The zero-order valence-corrected chi connectivity index (χ0v) is 11.5. The maximum Gasteiger partial charge on any atom is 0.163 e. The third-order valence-corrected chi connectivity index (χ3v) is 4.01. The number of phenolic OH excluding ortho intramolecular Hbond substituents is 1. The Labute approximate surface area is 109 Å². The molecule has 1 aromatic rings. The molecule has 1 aromatic carbocycles. The Bertz CT molecular complexity index is 434. The third kappa shape index (κ3) is 2.07. The van der Waals surface area contributed by atoms with Gasteiger partial charge in [0.05, 0.1) is 7.11 Å². The van der Waals surface area contributed by atoms with E-state index >= 15 is 0 Å². The van der Waals surface area contributed by atoms with E-state index < -0.39 is 5.54 Å². The molecule has 1 saturated carbocycles. The van der Waals surface area contributed by atoms with E-state index in [0.717, 1.165) is 36.8 Å². The van der Waals surface area contributed by atoms with E-state index in [2.05, 4.69) is 13.8 Å².